The molecule has 2 aliphatic rings. The Hall–Kier alpha value is -2.76. The lowest BCUT2D eigenvalue weighted by molar-refractivity contribution is -0.117. The molecule has 0 saturated carbocycles. The Kier molecular flexibility index (Phi) is 6.72. The summed E-state index contributed by atoms with van der Waals surface area (Å²) in [6, 6.07) is 17.8. The molecule has 2 saturated heterocycles. The third-order valence-electron chi connectivity index (χ3n) is 5.88. The average molecular weight is 404 g/mol. The van der Waals surface area contributed by atoms with Gasteiger partial charge in [-0.2, -0.15) is 0 Å². The third-order valence-corrected chi connectivity index (χ3v) is 5.88. The van der Waals surface area contributed by atoms with E-state index in [4.69, 9.17) is 0 Å². The van der Waals surface area contributed by atoms with E-state index < -0.39 is 0 Å². The molecule has 0 bridgehead atoms. The Morgan fingerprint density at radius 1 is 0.867 bits per heavy atom. The number of Topliss-reactive ketones (excluding diaryl/α,β-unsaturated/α-hetero) is 1. The zero-order valence-corrected chi connectivity index (χ0v) is 17.4. The minimum atomic E-state index is 0.145. The van der Waals surface area contributed by atoms with E-state index >= 15 is 0 Å². The Morgan fingerprint density at radius 3 is 2.23 bits per heavy atom. The second-order valence-corrected chi connectivity index (χ2v) is 8.01. The Bertz CT molecular complexity index is 884. The second kappa shape index (κ2) is 9.83. The number of ketones is 1. The molecule has 2 fully saturated rings. The van der Waals surface area contributed by atoms with E-state index in [0.29, 0.717) is 13.0 Å². The molecule has 5 heteroatoms. The van der Waals surface area contributed by atoms with Crippen molar-refractivity contribution in [2.45, 2.75) is 12.8 Å². The SMILES string of the molecule is O=C(CN1CCN(C/C=C/c2ccccc2)CC1)c1ccc(N2CCCC2=O)cc1. The van der Waals surface area contributed by atoms with Crippen molar-refractivity contribution in [1.82, 2.24) is 9.80 Å². The number of anilines is 1. The van der Waals surface area contributed by atoms with Crippen molar-refractivity contribution in [2.75, 3.05) is 50.7 Å². The number of rotatable bonds is 7. The van der Waals surface area contributed by atoms with Gasteiger partial charge in [0.1, 0.15) is 0 Å². The second-order valence-electron chi connectivity index (χ2n) is 8.01. The van der Waals surface area contributed by atoms with Crippen LogP contribution in [0.2, 0.25) is 0 Å². The number of hydrogen-bond acceptors (Lipinski definition) is 4. The molecule has 156 valence electrons. The number of amides is 1. The highest BCUT2D eigenvalue weighted by atomic mass is 16.2. The lowest BCUT2D eigenvalue weighted by atomic mass is 10.1. The van der Waals surface area contributed by atoms with Gasteiger partial charge in [-0.1, -0.05) is 42.5 Å². The van der Waals surface area contributed by atoms with Crippen LogP contribution in [0.15, 0.2) is 60.7 Å². The van der Waals surface area contributed by atoms with Crippen LogP contribution in [0.1, 0.15) is 28.8 Å². The average Bonchev–Trinajstić information content (AvgIpc) is 3.22. The molecule has 0 unspecified atom stereocenters. The van der Waals surface area contributed by atoms with Gasteiger partial charge in [0.25, 0.3) is 0 Å². The number of hydrogen-bond donors (Lipinski definition) is 0. The van der Waals surface area contributed by atoms with Crippen LogP contribution in [-0.4, -0.2) is 67.3 Å². The van der Waals surface area contributed by atoms with Crippen LogP contribution in [0.4, 0.5) is 5.69 Å². The fourth-order valence-corrected chi connectivity index (χ4v) is 4.07. The van der Waals surface area contributed by atoms with E-state index in [2.05, 4.69) is 46.2 Å². The van der Waals surface area contributed by atoms with Crippen molar-refractivity contribution < 1.29 is 9.59 Å². The molecule has 0 N–H and O–H groups in total. The number of nitrogens with zero attached hydrogens (tertiary/aromatic N) is 3. The zero-order valence-electron chi connectivity index (χ0n) is 17.4. The molecular weight excluding hydrogens is 374 g/mol. The molecule has 1 amide bonds. The summed E-state index contributed by atoms with van der Waals surface area (Å²) in [7, 11) is 0. The molecule has 0 aliphatic carbocycles. The molecule has 30 heavy (non-hydrogen) atoms. The molecule has 2 aromatic rings. The maximum Gasteiger partial charge on any atom is 0.227 e. The van der Waals surface area contributed by atoms with Gasteiger partial charge in [-0.25, -0.2) is 0 Å². The summed E-state index contributed by atoms with van der Waals surface area (Å²) in [6.07, 6.45) is 5.90. The highest BCUT2D eigenvalue weighted by Gasteiger charge is 2.22. The van der Waals surface area contributed by atoms with Gasteiger partial charge >= 0.3 is 0 Å². The lowest BCUT2D eigenvalue weighted by Gasteiger charge is -2.33. The summed E-state index contributed by atoms with van der Waals surface area (Å²) in [6.45, 7) is 5.93. The van der Waals surface area contributed by atoms with Gasteiger partial charge < -0.3 is 4.90 Å². The predicted molar refractivity (Wildman–Crippen MR) is 121 cm³/mol. The van der Waals surface area contributed by atoms with Crippen molar-refractivity contribution in [2.24, 2.45) is 0 Å². The van der Waals surface area contributed by atoms with Gasteiger partial charge in [-0.15, -0.1) is 0 Å². The van der Waals surface area contributed by atoms with Crippen LogP contribution < -0.4 is 4.90 Å². The van der Waals surface area contributed by atoms with Gasteiger partial charge in [0.15, 0.2) is 5.78 Å². The first-order valence-corrected chi connectivity index (χ1v) is 10.8. The first-order valence-electron chi connectivity index (χ1n) is 10.8. The van der Waals surface area contributed by atoms with Crippen molar-refractivity contribution >= 4 is 23.5 Å². The summed E-state index contributed by atoms with van der Waals surface area (Å²) >= 11 is 0. The minimum Gasteiger partial charge on any atom is -0.312 e. The fraction of sp³-hybridized carbons (Fsp3) is 0.360. The Labute approximate surface area is 178 Å². The van der Waals surface area contributed by atoms with Crippen LogP contribution in [-0.2, 0) is 4.79 Å². The molecule has 2 aromatic carbocycles. The fourth-order valence-electron chi connectivity index (χ4n) is 4.07. The van der Waals surface area contributed by atoms with Crippen LogP contribution >= 0.6 is 0 Å². The van der Waals surface area contributed by atoms with Gasteiger partial charge in [0, 0.05) is 56.9 Å². The molecule has 2 aliphatic heterocycles. The van der Waals surface area contributed by atoms with Gasteiger partial charge in [0.2, 0.25) is 5.91 Å². The maximum absolute atomic E-state index is 12.7. The molecular formula is C25H29N3O2. The smallest absolute Gasteiger partial charge is 0.227 e. The number of carbonyl (C=O) groups is 2. The molecule has 0 spiro atoms. The highest BCUT2D eigenvalue weighted by molar-refractivity contribution is 5.99. The summed E-state index contributed by atoms with van der Waals surface area (Å²) in [5, 5.41) is 0. The maximum atomic E-state index is 12.7. The molecule has 5 nitrogen and oxygen atoms in total. The van der Waals surface area contributed by atoms with Gasteiger partial charge in [-0.05, 0) is 36.2 Å². The molecule has 2 heterocycles. The van der Waals surface area contributed by atoms with E-state index in [1.165, 1.54) is 5.56 Å². The van der Waals surface area contributed by atoms with E-state index in [-0.39, 0.29) is 11.7 Å². The minimum absolute atomic E-state index is 0.145. The number of benzene rings is 2. The summed E-state index contributed by atoms with van der Waals surface area (Å²) in [5.41, 5.74) is 2.84. The normalized spacial score (nSPS) is 18.4. The van der Waals surface area contributed by atoms with Crippen LogP contribution in [0.25, 0.3) is 6.08 Å². The monoisotopic (exact) mass is 403 g/mol. The van der Waals surface area contributed by atoms with Crippen LogP contribution in [0, 0.1) is 0 Å². The highest BCUT2D eigenvalue weighted by Crippen LogP contribution is 2.21. The molecule has 4 rings (SSSR count). The van der Waals surface area contributed by atoms with Crippen LogP contribution in [0.5, 0.6) is 0 Å². The van der Waals surface area contributed by atoms with Gasteiger partial charge in [0.05, 0.1) is 6.54 Å². The van der Waals surface area contributed by atoms with Crippen molar-refractivity contribution in [1.29, 1.82) is 0 Å². The van der Waals surface area contributed by atoms with Gasteiger partial charge in [-0.3, -0.25) is 19.4 Å². The molecule has 0 atom stereocenters. The number of piperazine rings is 1. The summed E-state index contributed by atoms with van der Waals surface area (Å²) < 4.78 is 0. The van der Waals surface area contributed by atoms with Crippen molar-refractivity contribution in [3.8, 4) is 0 Å². The van der Waals surface area contributed by atoms with Crippen molar-refractivity contribution in [3.63, 3.8) is 0 Å². The van der Waals surface area contributed by atoms with Crippen molar-refractivity contribution in [3.05, 3.63) is 71.8 Å². The molecule has 0 radical (unpaired) electrons. The van der Waals surface area contributed by atoms with Crippen LogP contribution in [0.3, 0.4) is 0 Å². The summed E-state index contributed by atoms with van der Waals surface area (Å²) in [5.74, 6) is 0.317. The Balaban J connectivity index is 1.22. The van der Waals surface area contributed by atoms with E-state index in [0.717, 1.165) is 56.9 Å². The van der Waals surface area contributed by atoms with E-state index in [9.17, 15) is 9.59 Å². The molecule has 0 aromatic heterocycles. The quantitative estimate of drug-likeness (QED) is 0.665. The van der Waals surface area contributed by atoms with E-state index in [1.54, 1.807) is 4.90 Å². The largest absolute Gasteiger partial charge is 0.312 e. The predicted octanol–water partition coefficient (Wildman–Crippen LogP) is 3.33. The lowest BCUT2D eigenvalue weighted by Crippen LogP contribution is -2.47. The summed E-state index contributed by atoms with van der Waals surface area (Å²) in [4.78, 5) is 31.0. The zero-order chi connectivity index (χ0) is 20.8. The topological polar surface area (TPSA) is 43.9 Å². The standard InChI is InChI=1S/C25H29N3O2/c29-24(22-10-12-23(13-11-22)28-15-5-9-25(28)30)20-27-18-16-26(17-19-27)14-4-8-21-6-2-1-3-7-21/h1-4,6-8,10-13H,5,9,14-20H2/b8-4+. The first kappa shape index (κ1) is 20.5. The first-order chi connectivity index (χ1) is 14.7. The Morgan fingerprint density at radius 2 is 1.57 bits per heavy atom. The third kappa shape index (κ3) is 5.23. The number of carbonyl (C=O) groups excluding carboxylic acids is 2. The van der Waals surface area contributed by atoms with E-state index in [1.807, 2.05) is 30.3 Å².